The molecule has 0 unspecified atom stereocenters. The van der Waals surface area contributed by atoms with E-state index < -0.39 is 11.6 Å². The Morgan fingerprint density at radius 3 is 2.56 bits per heavy atom. The fourth-order valence-electron chi connectivity index (χ4n) is 5.26. The first-order valence-corrected chi connectivity index (χ1v) is 12.2. The van der Waals surface area contributed by atoms with Crippen molar-refractivity contribution < 1.29 is 19.4 Å². The monoisotopic (exact) mass is 489 g/mol. The molecule has 1 aromatic heterocycles. The van der Waals surface area contributed by atoms with E-state index in [1.807, 2.05) is 64.5 Å². The van der Waals surface area contributed by atoms with Crippen LogP contribution in [0.5, 0.6) is 5.75 Å². The number of rotatable bonds is 6. The molecule has 36 heavy (non-hydrogen) atoms. The number of aromatic nitrogens is 2. The number of nitrogens with zero attached hydrogens (tertiary/aromatic N) is 4. The molecule has 2 N–H and O–H groups in total. The van der Waals surface area contributed by atoms with Gasteiger partial charge in [0.2, 0.25) is 0 Å². The van der Waals surface area contributed by atoms with Gasteiger partial charge < -0.3 is 19.6 Å². The highest BCUT2D eigenvalue weighted by Gasteiger charge is 2.51. The number of likely N-dealkylation sites (tertiary alicyclic amines) is 1. The van der Waals surface area contributed by atoms with Crippen molar-refractivity contribution in [3.63, 3.8) is 0 Å². The lowest BCUT2D eigenvalue weighted by Gasteiger charge is -2.44. The third kappa shape index (κ3) is 4.42. The Balaban J connectivity index is 1.43. The number of hydrogen-bond acceptors (Lipinski definition) is 5. The first-order valence-electron chi connectivity index (χ1n) is 12.2. The summed E-state index contributed by atoms with van der Waals surface area (Å²) in [7, 11) is 1.63. The molecule has 0 saturated carbocycles. The number of H-pyrrole nitrogens is 1. The summed E-state index contributed by atoms with van der Waals surface area (Å²) in [5, 5.41) is 16.6. The van der Waals surface area contributed by atoms with Gasteiger partial charge in [-0.1, -0.05) is 24.3 Å². The first kappa shape index (κ1) is 23.9. The van der Waals surface area contributed by atoms with Gasteiger partial charge in [-0.05, 0) is 55.2 Å². The Kier molecular flexibility index (Phi) is 6.40. The van der Waals surface area contributed by atoms with Crippen molar-refractivity contribution >= 4 is 17.6 Å². The molecule has 0 radical (unpaired) electrons. The highest BCUT2D eigenvalue weighted by Crippen LogP contribution is 2.40. The largest absolute Gasteiger partial charge is 0.497 e. The SMILES string of the molecule is COc1cccc(CN2C(=O)N(c3ccc(-c4cn[nH]c4)cc3)CC23CCN(C(=O)[C@H](C)O)CC3)c1. The van der Waals surface area contributed by atoms with Crippen LogP contribution in [0.3, 0.4) is 0 Å². The second-order valence-corrected chi connectivity index (χ2v) is 9.57. The van der Waals surface area contributed by atoms with Gasteiger partial charge in [0, 0.05) is 37.1 Å². The summed E-state index contributed by atoms with van der Waals surface area (Å²) in [6.07, 6.45) is 3.87. The van der Waals surface area contributed by atoms with E-state index in [4.69, 9.17) is 4.74 Å². The molecule has 5 rings (SSSR count). The van der Waals surface area contributed by atoms with Crippen LogP contribution in [0.4, 0.5) is 10.5 Å². The average molecular weight is 490 g/mol. The molecule has 1 atom stereocenters. The molecular formula is C27H31N5O4. The second-order valence-electron chi connectivity index (χ2n) is 9.57. The Morgan fingerprint density at radius 1 is 1.17 bits per heavy atom. The highest BCUT2D eigenvalue weighted by atomic mass is 16.5. The van der Waals surface area contributed by atoms with Gasteiger partial charge in [-0.3, -0.25) is 14.8 Å². The zero-order chi connectivity index (χ0) is 25.3. The zero-order valence-corrected chi connectivity index (χ0v) is 20.6. The molecule has 2 aliphatic rings. The molecule has 3 aromatic rings. The van der Waals surface area contributed by atoms with Crippen LogP contribution in [0.2, 0.25) is 0 Å². The number of anilines is 1. The van der Waals surface area contributed by atoms with Gasteiger partial charge in [-0.15, -0.1) is 0 Å². The minimum Gasteiger partial charge on any atom is -0.497 e. The van der Waals surface area contributed by atoms with Crippen LogP contribution in [-0.4, -0.2) is 75.4 Å². The van der Waals surface area contributed by atoms with E-state index in [0.717, 1.165) is 28.1 Å². The predicted molar refractivity (Wildman–Crippen MR) is 136 cm³/mol. The van der Waals surface area contributed by atoms with Crippen LogP contribution in [0.25, 0.3) is 11.1 Å². The molecule has 2 fully saturated rings. The van der Waals surface area contributed by atoms with Crippen LogP contribution in [0.1, 0.15) is 25.3 Å². The maximum atomic E-state index is 13.9. The number of urea groups is 1. The number of nitrogens with one attached hydrogen (secondary N) is 1. The molecule has 188 valence electrons. The van der Waals surface area contributed by atoms with Crippen LogP contribution in [-0.2, 0) is 11.3 Å². The topological polar surface area (TPSA) is 102 Å². The number of methoxy groups -OCH3 is 1. The number of ether oxygens (including phenoxy) is 1. The van der Waals surface area contributed by atoms with Crippen molar-refractivity contribution in [2.75, 3.05) is 31.6 Å². The number of aliphatic hydroxyl groups is 1. The quantitative estimate of drug-likeness (QED) is 0.553. The average Bonchev–Trinajstić information content (AvgIpc) is 3.53. The van der Waals surface area contributed by atoms with Crippen LogP contribution in [0.15, 0.2) is 60.9 Å². The zero-order valence-electron chi connectivity index (χ0n) is 20.6. The number of carbonyl (C=O) groups excluding carboxylic acids is 2. The number of aromatic amines is 1. The molecule has 2 aliphatic heterocycles. The summed E-state index contributed by atoms with van der Waals surface area (Å²) in [5.74, 6) is 0.484. The minimum absolute atomic E-state index is 0.0517. The summed E-state index contributed by atoms with van der Waals surface area (Å²) < 4.78 is 5.39. The van der Waals surface area contributed by atoms with E-state index in [-0.39, 0.29) is 11.9 Å². The van der Waals surface area contributed by atoms with Gasteiger partial charge in [0.05, 0.1) is 25.4 Å². The number of piperidine rings is 1. The summed E-state index contributed by atoms with van der Waals surface area (Å²) in [5.41, 5.74) is 3.41. The molecule has 9 heteroatoms. The van der Waals surface area contributed by atoms with Crippen molar-refractivity contribution in [3.8, 4) is 16.9 Å². The van der Waals surface area contributed by atoms with E-state index >= 15 is 0 Å². The van der Waals surface area contributed by atoms with Crippen LogP contribution >= 0.6 is 0 Å². The lowest BCUT2D eigenvalue weighted by atomic mass is 9.86. The van der Waals surface area contributed by atoms with Gasteiger partial charge in [0.1, 0.15) is 11.9 Å². The van der Waals surface area contributed by atoms with Crippen LogP contribution < -0.4 is 9.64 Å². The van der Waals surface area contributed by atoms with Gasteiger partial charge in [-0.2, -0.15) is 5.10 Å². The summed E-state index contributed by atoms with van der Waals surface area (Å²) >= 11 is 0. The van der Waals surface area contributed by atoms with E-state index in [0.29, 0.717) is 39.0 Å². The maximum Gasteiger partial charge on any atom is 0.325 e. The number of aliphatic hydroxyl groups excluding tert-OH is 1. The second kappa shape index (κ2) is 9.66. The van der Waals surface area contributed by atoms with E-state index in [1.165, 1.54) is 6.92 Å². The predicted octanol–water partition coefficient (Wildman–Crippen LogP) is 3.27. The third-order valence-electron chi connectivity index (χ3n) is 7.34. The first-order chi connectivity index (χ1) is 17.4. The molecule has 1 spiro atoms. The number of amides is 3. The molecule has 3 heterocycles. The van der Waals surface area contributed by atoms with Crippen molar-refractivity contribution in [2.24, 2.45) is 0 Å². The van der Waals surface area contributed by atoms with E-state index in [2.05, 4.69) is 10.2 Å². The molecule has 3 amide bonds. The standard InChI is InChI=1S/C27H31N5O4/c1-19(33)25(34)30-12-10-27(11-13-30)18-31(23-8-6-21(7-9-23)22-15-28-29-16-22)26(35)32(27)17-20-4-3-5-24(14-20)36-2/h3-9,14-16,19,33H,10-13,17-18H2,1-2H3,(H,28,29)/t19-/m0/s1. The fraction of sp³-hybridized carbons (Fsp3) is 0.370. The fourth-order valence-corrected chi connectivity index (χ4v) is 5.26. The molecule has 0 bridgehead atoms. The van der Waals surface area contributed by atoms with Crippen molar-refractivity contribution in [1.82, 2.24) is 20.0 Å². The lowest BCUT2D eigenvalue weighted by molar-refractivity contribution is -0.141. The van der Waals surface area contributed by atoms with Crippen molar-refractivity contribution in [3.05, 3.63) is 66.5 Å². The Bertz CT molecular complexity index is 1220. The van der Waals surface area contributed by atoms with Gasteiger partial charge >= 0.3 is 6.03 Å². The van der Waals surface area contributed by atoms with E-state index in [1.54, 1.807) is 18.2 Å². The van der Waals surface area contributed by atoms with Crippen LogP contribution in [0, 0.1) is 0 Å². The molecular weight excluding hydrogens is 458 g/mol. The normalized spacial score (nSPS) is 18.1. The minimum atomic E-state index is -1.03. The van der Waals surface area contributed by atoms with Crippen molar-refractivity contribution in [2.45, 2.75) is 38.0 Å². The number of carbonyl (C=O) groups is 2. The maximum absolute atomic E-state index is 13.9. The molecule has 0 aliphatic carbocycles. The van der Waals surface area contributed by atoms with Gasteiger partial charge in [0.25, 0.3) is 5.91 Å². The van der Waals surface area contributed by atoms with Gasteiger partial charge in [-0.25, -0.2) is 4.79 Å². The smallest absolute Gasteiger partial charge is 0.325 e. The van der Waals surface area contributed by atoms with E-state index in [9.17, 15) is 14.7 Å². The van der Waals surface area contributed by atoms with Gasteiger partial charge in [0.15, 0.2) is 0 Å². The molecule has 2 aromatic carbocycles. The Morgan fingerprint density at radius 2 is 1.92 bits per heavy atom. The summed E-state index contributed by atoms with van der Waals surface area (Å²) in [6.45, 7) is 3.48. The highest BCUT2D eigenvalue weighted by molar-refractivity contribution is 5.95. The number of benzene rings is 2. The number of hydrogen-bond donors (Lipinski definition) is 2. The third-order valence-corrected chi connectivity index (χ3v) is 7.34. The molecule has 2 saturated heterocycles. The van der Waals surface area contributed by atoms with Crippen molar-refractivity contribution in [1.29, 1.82) is 0 Å². The molecule has 9 nitrogen and oxygen atoms in total. The summed E-state index contributed by atoms with van der Waals surface area (Å²) in [4.78, 5) is 31.7. The Labute approximate surface area is 210 Å². The Hall–Kier alpha value is -3.85. The lowest BCUT2D eigenvalue weighted by Crippen LogP contribution is -2.56. The summed E-state index contributed by atoms with van der Waals surface area (Å²) in [6, 6.07) is 15.6.